The lowest BCUT2D eigenvalue weighted by atomic mass is 10.1. The summed E-state index contributed by atoms with van der Waals surface area (Å²) in [7, 11) is 1.60. The third-order valence-corrected chi connectivity index (χ3v) is 4.55. The average Bonchev–Trinajstić information content (AvgIpc) is 2.63. The van der Waals surface area contributed by atoms with Crippen molar-refractivity contribution >= 4 is 11.8 Å². The summed E-state index contributed by atoms with van der Waals surface area (Å²) in [6.07, 6.45) is 0. The predicted molar refractivity (Wildman–Crippen MR) is 94.4 cm³/mol. The largest absolute Gasteiger partial charge is 0.497 e. The number of hydrogen-bond donors (Lipinski definition) is 1. The number of methoxy groups -OCH3 is 1. The normalized spacial score (nSPS) is 12.7. The monoisotopic (exact) mass is 343 g/mol. The van der Waals surface area contributed by atoms with E-state index < -0.39 is 5.25 Å². The maximum atomic E-state index is 10.1. The van der Waals surface area contributed by atoms with E-state index in [1.165, 1.54) is 11.8 Å². The van der Waals surface area contributed by atoms with Crippen molar-refractivity contribution in [3.05, 3.63) is 76.8 Å². The standard InChI is InChI=1S/C18H18N2O3S/c1-3-23-18(21)16(20-19)17(24-15-7-5-4-6-8-15)13-9-11-14(22-2)12-10-13/h4-12,17H,3H2,1-2H3/p+1/b18-16-. The molecule has 0 saturated carbocycles. The van der Waals surface area contributed by atoms with Gasteiger partial charge in [-0.2, -0.15) is 0 Å². The molecule has 0 aliphatic heterocycles. The van der Waals surface area contributed by atoms with Crippen LogP contribution in [0.25, 0.3) is 4.98 Å². The molecule has 2 rings (SSSR count). The molecular formula is C18H19N2O3S+. The molecule has 0 aliphatic carbocycles. The zero-order valence-corrected chi connectivity index (χ0v) is 14.4. The van der Waals surface area contributed by atoms with E-state index in [2.05, 4.69) is 4.98 Å². The number of ether oxygens (including phenoxy) is 2. The number of hydrogen-bond acceptors (Lipinski definition) is 5. The molecule has 0 amide bonds. The van der Waals surface area contributed by atoms with Crippen molar-refractivity contribution in [1.82, 2.24) is 0 Å². The van der Waals surface area contributed by atoms with E-state index in [0.717, 1.165) is 16.2 Å². The molecule has 0 aliphatic rings. The number of aliphatic hydroxyl groups excluding tert-OH is 1. The highest BCUT2D eigenvalue weighted by atomic mass is 32.2. The van der Waals surface area contributed by atoms with Gasteiger partial charge in [0, 0.05) is 4.90 Å². The first-order valence-corrected chi connectivity index (χ1v) is 8.34. The molecular weight excluding hydrogens is 324 g/mol. The second-order valence-electron chi connectivity index (χ2n) is 4.81. The van der Waals surface area contributed by atoms with Crippen LogP contribution in [0.3, 0.4) is 0 Å². The molecule has 0 radical (unpaired) electrons. The third-order valence-electron chi connectivity index (χ3n) is 3.27. The molecule has 124 valence electrons. The molecule has 0 saturated heterocycles. The van der Waals surface area contributed by atoms with Crippen LogP contribution in [0.1, 0.15) is 17.7 Å². The smallest absolute Gasteiger partial charge is 0.457 e. The topological polar surface area (TPSA) is 66.8 Å². The molecule has 0 aromatic heterocycles. The molecule has 2 aromatic carbocycles. The van der Waals surface area contributed by atoms with E-state index >= 15 is 0 Å². The summed E-state index contributed by atoms with van der Waals surface area (Å²) in [4.78, 5) is 4.25. The molecule has 2 aromatic rings. The van der Waals surface area contributed by atoms with E-state index in [9.17, 15) is 10.5 Å². The fourth-order valence-corrected chi connectivity index (χ4v) is 3.25. The first-order valence-electron chi connectivity index (χ1n) is 7.46. The Balaban J connectivity index is 2.43. The average molecular weight is 343 g/mol. The molecule has 24 heavy (non-hydrogen) atoms. The highest BCUT2D eigenvalue weighted by Crippen LogP contribution is 2.42. The Bertz CT molecular complexity index is 724. The Morgan fingerprint density at radius 3 is 2.38 bits per heavy atom. The van der Waals surface area contributed by atoms with Gasteiger partial charge in [0.25, 0.3) is 0 Å². The number of rotatable bonds is 7. The zero-order valence-electron chi connectivity index (χ0n) is 13.5. The van der Waals surface area contributed by atoms with Gasteiger partial charge >= 0.3 is 11.6 Å². The predicted octanol–water partition coefficient (Wildman–Crippen LogP) is 5.15. The number of nitrogens with zero attached hydrogens (tertiary/aromatic N) is 2. The van der Waals surface area contributed by atoms with Gasteiger partial charge in [0.1, 0.15) is 11.0 Å². The molecule has 0 fully saturated rings. The van der Waals surface area contributed by atoms with Crippen LogP contribution in [0.4, 0.5) is 0 Å². The SMILES string of the molecule is CCO/C(O)=C(\[N+]#N)C(Sc1ccccc1)c1ccc(OC)cc1. The van der Waals surface area contributed by atoms with Crippen LogP contribution >= 0.6 is 11.8 Å². The lowest BCUT2D eigenvalue weighted by Crippen LogP contribution is -2.03. The lowest BCUT2D eigenvalue weighted by Gasteiger charge is -2.12. The Morgan fingerprint density at radius 1 is 1.17 bits per heavy atom. The van der Waals surface area contributed by atoms with Crippen LogP contribution in [0.5, 0.6) is 5.75 Å². The van der Waals surface area contributed by atoms with Gasteiger partial charge < -0.3 is 14.6 Å². The second kappa shape index (κ2) is 8.85. The molecule has 0 spiro atoms. The molecule has 1 N–H and O–H groups in total. The van der Waals surface area contributed by atoms with E-state index in [-0.39, 0.29) is 18.2 Å². The lowest BCUT2D eigenvalue weighted by molar-refractivity contribution is 0.0981. The molecule has 0 bridgehead atoms. The summed E-state index contributed by atoms with van der Waals surface area (Å²) in [5, 5.41) is 19.1. The van der Waals surface area contributed by atoms with Crippen molar-refractivity contribution in [2.24, 2.45) is 0 Å². The summed E-state index contributed by atoms with van der Waals surface area (Å²) in [5.74, 6) is 0.340. The number of aliphatic hydroxyl groups is 1. The van der Waals surface area contributed by atoms with Crippen LogP contribution in [-0.4, -0.2) is 18.8 Å². The minimum Gasteiger partial charge on any atom is -0.497 e. The van der Waals surface area contributed by atoms with Crippen LogP contribution in [0.15, 0.2) is 71.1 Å². The number of thioether (sulfide) groups is 1. The Kier molecular flexibility index (Phi) is 6.52. The first-order chi connectivity index (χ1) is 11.7. The van der Waals surface area contributed by atoms with E-state index in [1.807, 2.05) is 54.6 Å². The van der Waals surface area contributed by atoms with Crippen LogP contribution in [0.2, 0.25) is 0 Å². The van der Waals surface area contributed by atoms with Gasteiger partial charge in [0.2, 0.25) is 5.39 Å². The highest BCUT2D eigenvalue weighted by molar-refractivity contribution is 7.99. The van der Waals surface area contributed by atoms with Gasteiger partial charge in [-0.05, 0) is 36.8 Å². The van der Waals surface area contributed by atoms with Gasteiger partial charge in [0.15, 0.2) is 4.98 Å². The Morgan fingerprint density at radius 2 is 1.83 bits per heavy atom. The van der Waals surface area contributed by atoms with Crippen molar-refractivity contribution in [1.29, 1.82) is 5.39 Å². The van der Waals surface area contributed by atoms with E-state index in [1.54, 1.807) is 14.0 Å². The van der Waals surface area contributed by atoms with Gasteiger partial charge in [-0.25, -0.2) is 0 Å². The fourth-order valence-electron chi connectivity index (χ4n) is 2.11. The number of benzene rings is 2. The minimum absolute atomic E-state index is 0.0656. The maximum Gasteiger partial charge on any atom is 0.457 e. The molecule has 5 nitrogen and oxygen atoms in total. The summed E-state index contributed by atoms with van der Waals surface area (Å²) >= 11 is 1.45. The van der Waals surface area contributed by atoms with Crippen molar-refractivity contribution in [2.75, 3.05) is 13.7 Å². The molecule has 6 heteroatoms. The van der Waals surface area contributed by atoms with Crippen LogP contribution < -0.4 is 4.74 Å². The highest BCUT2D eigenvalue weighted by Gasteiger charge is 2.35. The van der Waals surface area contributed by atoms with Gasteiger partial charge in [-0.1, -0.05) is 30.3 Å². The number of diazo groups is 1. The van der Waals surface area contributed by atoms with Crippen LogP contribution in [0, 0.1) is 5.39 Å². The van der Waals surface area contributed by atoms with Gasteiger partial charge in [-0.3, -0.25) is 0 Å². The first kappa shape index (κ1) is 17.7. The second-order valence-corrected chi connectivity index (χ2v) is 5.99. The molecule has 1 unspecified atom stereocenters. The summed E-state index contributed by atoms with van der Waals surface area (Å²) < 4.78 is 10.3. The van der Waals surface area contributed by atoms with Gasteiger partial charge in [0.05, 0.1) is 13.7 Å². The van der Waals surface area contributed by atoms with E-state index in [4.69, 9.17) is 9.47 Å². The van der Waals surface area contributed by atoms with Crippen molar-refractivity contribution < 1.29 is 14.6 Å². The Hall–Kier alpha value is -2.65. The zero-order chi connectivity index (χ0) is 17.4. The summed E-state index contributed by atoms with van der Waals surface area (Å²) in [5.41, 5.74) is 0.916. The Labute approximate surface area is 145 Å². The third kappa shape index (κ3) is 4.43. The quantitative estimate of drug-likeness (QED) is 0.428. The molecule has 1 atom stereocenters. The molecule has 0 heterocycles. The summed E-state index contributed by atoms with van der Waals surface area (Å²) in [6, 6.07) is 17.1. The van der Waals surface area contributed by atoms with Crippen molar-refractivity contribution in [3.8, 4) is 5.75 Å². The van der Waals surface area contributed by atoms with Crippen molar-refractivity contribution in [2.45, 2.75) is 17.1 Å². The van der Waals surface area contributed by atoms with Gasteiger partial charge in [-0.15, -0.1) is 11.8 Å². The maximum absolute atomic E-state index is 10.1. The van der Waals surface area contributed by atoms with E-state index in [0.29, 0.717) is 0 Å². The minimum atomic E-state index is -0.435. The van der Waals surface area contributed by atoms with Crippen molar-refractivity contribution in [3.63, 3.8) is 0 Å². The van der Waals surface area contributed by atoms with Crippen LogP contribution in [-0.2, 0) is 4.74 Å². The summed E-state index contributed by atoms with van der Waals surface area (Å²) in [6.45, 7) is 2.02. The fraction of sp³-hybridized carbons (Fsp3) is 0.222.